The number of urea groups is 1. The second-order valence-electron chi connectivity index (χ2n) is 5.16. The minimum Gasteiger partial charge on any atom is -0.486 e. The van der Waals surface area contributed by atoms with Crippen LogP contribution in [0, 0.1) is 0 Å². The molecule has 2 unspecified atom stereocenters. The van der Waals surface area contributed by atoms with E-state index in [2.05, 4.69) is 22.0 Å². The molecule has 1 aromatic carbocycles. The van der Waals surface area contributed by atoms with Gasteiger partial charge in [0.05, 0.1) is 11.7 Å². The van der Waals surface area contributed by atoms with E-state index in [-0.39, 0.29) is 18.2 Å². The summed E-state index contributed by atoms with van der Waals surface area (Å²) in [6.45, 7) is 4.87. The largest absolute Gasteiger partial charge is 0.486 e. The molecule has 0 aliphatic carbocycles. The van der Waals surface area contributed by atoms with E-state index in [9.17, 15) is 4.79 Å². The lowest BCUT2D eigenvalue weighted by Gasteiger charge is -2.26. The van der Waals surface area contributed by atoms with Crippen molar-refractivity contribution < 1.29 is 9.53 Å². The van der Waals surface area contributed by atoms with Crippen molar-refractivity contribution in [1.82, 2.24) is 10.6 Å². The fourth-order valence-electron chi connectivity index (χ4n) is 2.27. The van der Waals surface area contributed by atoms with E-state index in [1.165, 1.54) is 5.56 Å². The molecule has 1 aromatic rings. The number of hydrogen-bond acceptors (Lipinski definition) is 3. The summed E-state index contributed by atoms with van der Waals surface area (Å²) in [4.78, 5) is 11.3. The highest BCUT2D eigenvalue weighted by atomic mass is 16.5. The Morgan fingerprint density at radius 2 is 2.20 bits per heavy atom. The van der Waals surface area contributed by atoms with Gasteiger partial charge in [-0.05, 0) is 38.3 Å². The minimum atomic E-state index is -0.193. The van der Waals surface area contributed by atoms with Gasteiger partial charge in [0.25, 0.3) is 0 Å². The molecule has 1 heterocycles. The van der Waals surface area contributed by atoms with Crippen molar-refractivity contribution in [1.29, 1.82) is 0 Å². The van der Waals surface area contributed by atoms with E-state index in [1.54, 1.807) is 7.05 Å². The summed E-state index contributed by atoms with van der Waals surface area (Å²) in [6, 6.07) is 5.85. The third-order valence-electron chi connectivity index (χ3n) is 3.64. The van der Waals surface area contributed by atoms with Crippen LogP contribution in [0.4, 0.5) is 10.5 Å². The maximum Gasteiger partial charge on any atom is 0.314 e. The van der Waals surface area contributed by atoms with Crippen molar-refractivity contribution >= 4 is 11.7 Å². The molecule has 2 rings (SSSR count). The fraction of sp³-hybridized carbons (Fsp3) is 0.533. The predicted octanol–water partition coefficient (Wildman–Crippen LogP) is 2.13. The molecule has 0 radical (unpaired) electrons. The van der Waals surface area contributed by atoms with Crippen LogP contribution in [-0.2, 0) is 6.42 Å². The molecule has 20 heavy (non-hydrogen) atoms. The zero-order chi connectivity index (χ0) is 14.5. The molecule has 3 N–H and O–H groups in total. The van der Waals surface area contributed by atoms with Crippen LogP contribution in [0.3, 0.4) is 0 Å². The van der Waals surface area contributed by atoms with Crippen LogP contribution < -0.4 is 20.7 Å². The van der Waals surface area contributed by atoms with Gasteiger partial charge in [-0.15, -0.1) is 0 Å². The fourth-order valence-corrected chi connectivity index (χ4v) is 2.27. The number of carbonyl (C=O) groups excluding carboxylic acids is 1. The zero-order valence-corrected chi connectivity index (χ0v) is 12.3. The van der Waals surface area contributed by atoms with E-state index in [0.29, 0.717) is 0 Å². The number of ether oxygens (including phenoxy) is 1. The van der Waals surface area contributed by atoms with Crippen molar-refractivity contribution in [2.45, 2.75) is 38.8 Å². The van der Waals surface area contributed by atoms with Gasteiger partial charge >= 0.3 is 6.03 Å². The van der Waals surface area contributed by atoms with Gasteiger partial charge in [-0.1, -0.05) is 12.1 Å². The Hall–Kier alpha value is -1.91. The van der Waals surface area contributed by atoms with Crippen LogP contribution in [0.25, 0.3) is 0 Å². The third kappa shape index (κ3) is 3.35. The smallest absolute Gasteiger partial charge is 0.314 e. The normalized spacial score (nSPS) is 16.4. The molecule has 110 valence electrons. The number of fused-ring (bicyclic) bond motifs is 1. The van der Waals surface area contributed by atoms with E-state index in [4.69, 9.17) is 4.74 Å². The van der Waals surface area contributed by atoms with Crippen molar-refractivity contribution in [3.05, 3.63) is 23.8 Å². The summed E-state index contributed by atoms with van der Waals surface area (Å²) in [5.74, 6) is 0.861. The third-order valence-corrected chi connectivity index (χ3v) is 3.64. The van der Waals surface area contributed by atoms with Gasteiger partial charge in [-0.2, -0.15) is 0 Å². The van der Waals surface area contributed by atoms with Gasteiger partial charge in [-0.25, -0.2) is 4.79 Å². The van der Waals surface area contributed by atoms with Crippen LogP contribution >= 0.6 is 0 Å². The van der Waals surface area contributed by atoms with Crippen molar-refractivity contribution in [2.24, 2.45) is 0 Å². The van der Waals surface area contributed by atoms with Crippen LogP contribution in [0.15, 0.2) is 18.2 Å². The molecule has 0 saturated heterocycles. The number of hydrogen-bond donors (Lipinski definition) is 3. The Kier molecular flexibility index (Phi) is 4.71. The van der Waals surface area contributed by atoms with Gasteiger partial charge in [-0.3, -0.25) is 0 Å². The number of aryl methyl sites for hydroxylation is 1. The molecule has 0 aromatic heterocycles. The summed E-state index contributed by atoms with van der Waals surface area (Å²) in [7, 11) is 1.60. The molecule has 1 aliphatic rings. The molecule has 2 amide bonds. The standard InChI is InChI=1S/C15H23N3O2/c1-10(18-15(19)16-3)11(2)20-13-8-4-6-12-7-5-9-17-14(12)13/h4,6,8,10-11,17H,5,7,9H2,1-3H3,(H2,16,18,19). The number of carbonyl (C=O) groups is 1. The Morgan fingerprint density at radius 1 is 1.40 bits per heavy atom. The van der Waals surface area contributed by atoms with E-state index in [1.807, 2.05) is 26.0 Å². The average molecular weight is 277 g/mol. The zero-order valence-electron chi connectivity index (χ0n) is 12.3. The Morgan fingerprint density at radius 3 is 2.95 bits per heavy atom. The highest BCUT2D eigenvalue weighted by molar-refractivity contribution is 5.73. The first-order chi connectivity index (χ1) is 9.61. The van der Waals surface area contributed by atoms with Gasteiger partial charge in [0, 0.05) is 13.6 Å². The SMILES string of the molecule is CNC(=O)NC(C)C(C)Oc1cccc2c1NCCC2. The summed E-state index contributed by atoms with van der Waals surface area (Å²) < 4.78 is 6.01. The highest BCUT2D eigenvalue weighted by Gasteiger charge is 2.19. The quantitative estimate of drug-likeness (QED) is 0.790. The number of anilines is 1. The molecule has 2 atom stereocenters. The van der Waals surface area contributed by atoms with E-state index in [0.717, 1.165) is 30.8 Å². The molecule has 1 aliphatic heterocycles. The lowest BCUT2D eigenvalue weighted by Crippen LogP contribution is -2.46. The summed E-state index contributed by atoms with van der Waals surface area (Å²) in [5, 5.41) is 8.78. The Balaban J connectivity index is 2.04. The summed E-state index contributed by atoms with van der Waals surface area (Å²) in [5.41, 5.74) is 2.39. The number of para-hydroxylation sites is 1. The first-order valence-electron chi connectivity index (χ1n) is 7.12. The maximum absolute atomic E-state index is 11.3. The van der Waals surface area contributed by atoms with Crippen molar-refractivity contribution in [3.8, 4) is 5.75 Å². The van der Waals surface area contributed by atoms with Gasteiger partial charge in [0.1, 0.15) is 11.9 Å². The molecule has 0 spiro atoms. The van der Waals surface area contributed by atoms with E-state index < -0.39 is 0 Å². The Bertz CT molecular complexity index is 476. The molecule has 5 nitrogen and oxygen atoms in total. The van der Waals surface area contributed by atoms with Gasteiger partial charge < -0.3 is 20.7 Å². The summed E-state index contributed by atoms with van der Waals surface area (Å²) in [6.07, 6.45) is 2.13. The Labute approximate surface area is 120 Å². The molecule has 5 heteroatoms. The lowest BCUT2D eigenvalue weighted by atomic mass is 10.0. The van der Waals surface area contributed by atoms with Gasteiger partial charge in [0.2, 0.25) is 0 Å². The predicted molar refractivity (Wildman–Crippen MR) is 80.4 cm³/mol. The maximum atomic E-state index is 11.3. The topological polar surface area (TPSA) is 62.4 Å². The number of nitrogens with one attached hydrogen (secondary N) is 3. The summed E-state index contributed by atoms with van der Waals surface area (Å²) >= 11 is 0. The monoisotopic (exact) mass is 277 g/mol. The second-order valence-corrected chi connectivity index (χ2v) is 5.16. The van der Waals surface area contributed by atoms with Crippen molar-refractivity contribution in [3.63, 3.8) is 0 Å². The highest BCUT2D eigenvalue weighted by Crippen LogP contribution is 2.32. The number of benzene rings is 1. The van der Waals surface area contributed by atoms with Crippen LogP contribution in [0.5, 0.6) is 5.75 Å². The number of rotatable bonds is 4. The molecular formula is C15H23N3O2. The number of amides is 2. The first-order valence-corrected chi connectivity index (χ1v) is 7.12. The van der Waals surface area contributed by atoms with Crippen molar-refractivity contribution in [2.75, 3.05) is 18.9 Å². The van der Waals surface area contributed by atoms with Gasteiger partial charge in [0.15, 0.2) is 0 Å². The van der Waals surface area contributed by atoms with Crippen LogP contribution in [-0.4, -0.2) is 31.8 Å². The van der Waals surface area contributed by atoms with Crippen LogP contribution in [0.2, 0.25) is 0 Å². The minimum absolute atomic E-state index is 0.0746. The van der Waals surface area contributed by atoms with E-state index >= 15 is 0 Å². The average Bonchev–Trinajstić information content (AvgIpc) is 2.47. The molecule has 0 fully saturated rings. The molecular weight excluding hydrogens is 254 g/mol. The lowest BCUT2D eigenvalue weighted by molar-refractivity contribution is 0.176. The van der Waals surface area contributed by atoms with Crippen LogP contribution in [0.1, 0.15) is 25.8 Å². The molecule has 0 bridgehead atoms. The molecule has 0 saturated carbocycles. The second kappa shape index (κ2) is 6.50. The first kappa shape index (κ1) is 14.5.